The van der Waals surface area contributed by atoms with Gasteiger partial charge in [-0.05, 0) is 54.3 Å². The number of carbonyl (C=O) groups is 1. The van der Waals surface area contributed by atoms with Crippen molar-refractivity contribution in [1.82, 2.24) is 9.13 Å². The van der Waals surface area contributed by atoms with Gasteiger partial charge in [0.1, 0.15) is 17.1 Å². The molecule has 0 saturated carbocycles. The zero-order chi connectivity index (χ0) is 21.4. The van der Waals surface area contributed by atoms with Crippen molar-refractivity contribution >= 4 is 44.7 Å². The van der Waals surface area contributed by atoms with Crippen LogP contribution >= 0.6 is 22.9 Å². The summed E-state index contributed by atoms with van der Waals surface area (Å²) in [5.74, 6) is -1.30. The van der Waals surface area contributed by atoms with Gasteiger partial charge in [0.25, 0.3) is 5.56 Å². The van der Waals surface area contributed by atoms with Gasteiger partial charge in [0.05, 0.1) is 16.9 Å². The fourth-order valence-corrected chi connectivity index (χ4v) is 4.14. The van der Waals surface area contributed by atoms with Crippen molar-refractivity contribution in [3.8, 4) is 5.69 Å². The van der Waals surface area contributed by atoms with E-state index in [1.807, 2.05) is 13.0 Å². The summed E-state index contributed by atoms with van der Waals surface area (Å²) in [6, 6.07) is 12.4. The van der Waals surface area contributed by atoms with Crippen molar-refractivity contribution < 1.29 is 9.18 Å². The molecule has 9 heteroatoms. The number of amides is 1. The Morgan fingerprint density at radius 3 is 2.70 bits per heavy atom. The zero-order valence-electron chi connectivity index (χ0n) is 15.7. The summed E-state index contributed by atoms with van der Waals surface area (Å²) in [7, 11) is 0. The van der Waals surface area contributed by atoms with Crippen LogP contribution in [0.15, 0.2) is 63.5 Å². The molecule has 0 bridgehead atoms. The zero-order valence-corrected chi connectivity index (χ0v) is 17.3. The van der Waals surface area contributed by atoms with Crippen LogP contribution in [0, 0.1) is 12.7 Å². The van der Waals surface area contributed by atoms with E-state index in [2.05, 4.69) is 5.32 Å². The van der Waals surface area contributed by atoms with Gasteiger partial charge in [-0.1, -0.05) is 23.7 Å². The monoisotopic (exact) mass is 443 g/mol. The number of rotatable bonds is 4. The molecule has 6 nitrogen and oxygen atoms in total. The fraction of sp³-hybridized carbons (Fsp3) is 0.0952. The molecule has 30 heavy (non-hydrogen) atoms. The Labute approximate surface area is 178 Å². The predicted molar refractivity (Wildman–Crippen MR) is 116 cm³/mol. The number of halogens is 2. The molecule has 1 N–H and O–H groups in total. The second kappa shape index (κ2) is 7.89. The first-order valence-electron chi connectivity index (χ1n) is 8.90. The minimum atomic E-state index is -0.686. The van der Waals surface area contributed by atoms with Gasteiger partial charge >= 0.3 is 5.69 Å². The minimum Gasteiger partial charge on any atom is -0.322 e. The van der Waals surface area contributed by atoms with Gasteiger partial charge < -0.3 is 5.32 Å². The highest BCUT2D eigenvalue weighted by Gasteiger charge is 2.18. The van der Waals surface area contributed by atoms with Crippen molar-refractivity contribution in [2.24, 2.45) is 0 Å². The van der Waals surface area contributed by atoms with Gasteiger partial charge in [-0.25, -0.2) is 13.8 Å². The second-order valence-electron chi connectivity index (χ2n) is 6.66. The summed E-state index contributed by atoms with van der Waals surface area (Å²) >= 11 is 6.91. The maximum Gasteiger partial charge on any atom is 0.336 e. The number of benzene rings is 2. The van der Waals surface area contributed by atoms with Gasteiger partial charge in [0, 0.05) is 5.02 Å². The third kappa shape index (κ3) is 3.67. The van der Waals surface area contributed by atoms with Crippen LogP contribution in [0.2, 0.25) is 5.02 Å². The third-order valence-electron chi connectivity index (χ3n) is 4.52. The van der Waals surface area contributed by atoms with Crippen LogP contribution in [-0.2, 0) is 11.3 Å². The number of hydrogen-bond acceptors (Lipinski definition) is 4. The van der Waals surface area contributed by atoms with Crippen molar-refractivity contribution in [2.75, 3.05) is 5.32 Å². The first kappa shape index (κ1) is 20.1. The molecule has 0 aliphatic rings. The number of fused-ring (bicyclic) bond motifs is 1. The molecule has 0 spiro atoms. The van der Waals surface area contributed by atoms with E-state index in [0.717, 1.165) is 16.2 Å². The molecule has 152 valence electrons. The third-order valence-corrected chi connectivity index (χ3v) is 5.65. The van der Waals surface area contributed by atoms with E-state index in [1.54, 1.807) is 29.6 Å². The standard InChI is InChI=1S/C21H15ClFN3O3S/c1-12-3-2-4-14(9-12)26-20(28)19-17(7-8-30-19)25(21(26)29)11-18(27)24-16-6-5-13(22)10-15(16)23/h2-10H,11H2,1H3,(H,24,27). The summed E-state index contributed by atoms with van der Waals surface area (Å²) < 4.78 is 16.6. The van der Waals surface area contributed by atoms with E-state index < -0.39 is 23.0 Å². The van der Waals surface area contributed by atoms with Crippen LogP contribution in [0.1, 0.15) is 5.56 Å². The highest BCUT2D eigenvalue weighted by molar-refractivity contribution is 7.17. The van der Waals surface area contributed by atoms with E-state index in [4.69, 9.17) is 11.6 Å². The normalized spacial score (nSPS) is 11.0. The number of nitrogens with zero attached hydrogens (tertiary/aromatic N) is 2. The van der Waals surface area contributed by atoms with Crippen LogP contribution in [-0.4, -0.2) is 15.0 Å². The molecule has 2 aromatic heterocycles. The van der Waals surface area contributed by atoms with Crippen LogP contribution in [0.25, 0.3) is 15.9 Å². The Hall–Kier alpha value is -3.23. The fourth-order valence-electron chi connectivity index (χ4n) is 3.16. The molecular formula is C21H15ClFN3O3S. The first-order valence-corrected chi connectivity index (χ1v) is 10.2. The largest absolute Gasteiger partial charge is 0.336 e. The number of aromatic nitrogens is 2. The topological polar surface area (TPSA) is 73.1 Å². The van der Waals surface area contributed by atoms with Gasteiger partial charge in [0.2, 0.25) is 5.91 Å². The molecule has 4 rings (SSSR count). The molecule has 0 radical (unpaired) electrons. The number of hydrogen-bond donors (Lipinski definition) is 1. The van der Waals surface area contributed by atoms with Gasteiger partial charge in [0.15, 0.2) is 0 Å². The second-order valence-corrected chi connectivity index (χ2v) is 8.01. The highest BCUT2D eigenvalue weighted by Crippen LogP contribution is 2.20. The van der Waals surface area contributed by atoms with Crippen LogP contribution in [0.3, 0.4) is 0 Å². The average molecular weight is 444 g/mol. The minimum absolute atomic E-state index is 0.0500. The lowest BCUT2D eigenvalue weighted by atomic mass is 10.2. The SMILES string of the molecule is Cc1cccc(-n2c(=O)c3sccc3n(CC(=O)Nc3ccc(Cl)cc3F)c2=O)c1. The van der Waals surface area contributed by atoms with Gasteiger partial charge in [-0.15, -0.1) is 11.3 Å². The number of aryl methyl sites for hydroxylation is 1. The molecular weight excluding hydrogens is 429 g/mol. The Morgan fingerprint density at radius 1 is 1.17 bits per heavy atom. The molecule has 4 aromatic rings. The van der Waals surface area contributed by atoms with Crippen molar-refractivity contribution in [3.63, 3.8) is 0 Å². The lowest BCUT2D eigenvalue weighted by molar-refractivity contribution is -0.116. The lowest BCUT2D eigenvalue weighted by Crippen LogP contribution is -2.40. The molecule has 2 aromatic carbocycles. The molecule has 0 saturated heterocycles. The molecule has 0 aliphatic carbocycles. The molecule has 0 unspecified atom stereocenters. The Morgan fingerprint density at radius 2 is 1.97 bits per heavy atom. The molecule has 0 atom stereocenters. The lowest BCUT2D eigenvalue weighted by Gasteiger charge is -2.13. The number of carbonyl (C=O) groups excluding carboxylic acids is 1. The summed E-state index contributed by atoms with van der Waals surface area (Å²) in [6.45, 7) is 1.46. The number of nitrogens with one attached hydrogen (secondary N) is 1. The quantitative estimate of drug-likeness (QED) is 0.519. The van der Waals surface area contributed by atoms with E-state index in [1.165, 1.54) is 28.0 Å². The maximum absolute atomic E-state index is 14.0. The first-order chi connectivity index (χ1) is 14.3. The average Bonchev–Trinajstić information content (AvgIpc) is 3.18. The van der Waals surface area contributed by atoms with Gasteiger partial charge in [-0.3, -0.25) is 14.2 Å². The highest BCUT2D eigenvalue weighted by atomic mass is 35.5. The Kier molecular flexibility index (Phi) is 5.27. The maximum atomic E-state index is 14.0. The Balaban J connectivity index is 1.79. The predicted octanol–water partition coefficient (Wildman–Crippen LogP) is 3.95. The Bertz CT molecular complexity index is 1410. The summed E-state index contributed by atoms with van der Waals surface area (Å²) in [5, 5.41) is 4.32. The van der Waals surface area contributed by atoms with Crippen molar-refractivity contribution in [1.29, 1.82) is 0 Å². The van der Waals surface area contributed by atoms with E-state index in [0.29, 0.717) is 15.9 Å². The van der Waals surface area contributed by atoms with Crippen molar-refractivity contribution in [2.45, 2.75) is 13.5 Å². The van der Waals surface area contributed by atoms with E-state index >= 15 is 0 Å². The summed E-state index contributed by atoms with van der Waals surface area (Å²) in [6.07, 6.45) is 0. The van der Waals surface area contributed by atoms with Crippen LogP contribution < -0.4 is 16.6 Å². The number of anilines is 1. The molecule has 0 fully saturated rings. The molecule has 2 heterocycles. The van der Waals surface area contributed by atoms with Gasteiger partial charge in [-0.2, -0.15) is 0 Å². The molecule has 1 amide bonds. The summed E-state index contributed by atoms with van der Waals surface area (Å²) in [4.78, 5) is 38.7. The van der Waals surface area contributed by atoms with E-state index in [9.17, 15) is 18.8 Å². The van der Waals surface area contributed by atoms with E-state index in [-0.39, 0.29) is 17.3 Å². The number of thiophene rings is 1. The van der Waals surface area contributed by atoms with Crippen LogP contribution in [0.4, 0.5) is 10.1 Å². The smallest absolute Gasteiger partial charge is 0.322 e. The van der Waals surface area contributed by atoms with Crippen molar-refractivity contribution in [3.05, 3.63) is 91.2 Å². The molecule has 0 aliphatic heterocycles. The van der Waals surface area contributed by atoms with Crippen LogP contribution in [0.5, 0.6) is 0 Å². The summed E-state index contributed by atoms with van der Waals surface area (Å²) in [5.41, 5.74) is 0.502.